The molecule has 0 bridgehead atoms. The fourth-order valence-electron chi connectivity index (χ4n) is 3.03. The number of thioether (sulfide) groups is 1. The van der Waals surface area contributed by atoms with E-state index in [2.05, 4.69) is 20.5 Å². The van der Waals surface area contributed by atoms with Crippen LogP contribution in [0.5, 0.6) is 0 Å². The maximum atomic E-state index is 12.6. The van der Waals surface area contributed by atoms with Gasteiger partial charge in [-0.1, -0.05) is 11.8 Å². The molecule has 0 aromatic carbocycles. The number of furan rings is 1. The van der Waals surface area contributed by atoms with E-state index < -0.39 is 5.60 Å². The molecule has 2 aromatic heterocycles. The molecule has 0 saturated carbocycles. The zero-order valence-corrected chi connectivity index (χ0v) is 14.2. The van der Waals surface area contributed by atoms with E-state index in [-0.39, 0.29) is 12.0 Å². The van der Waals surface area contributed by atoms with Crippen LogP contribution >= 0.6 is 11.8 Å². The second-order valence-electron chi connectivity index (χ2n) is 6.06. The zero-order chi connectivity index (χ0) is 17.3. The minimum atomic E-state index is -0.462. The second kappa shape index (κ2) is 6.43. The van der Waals surface area contributed by atoms with E-state index in [9.17, 15) is 9.59 Å². The molecule has 2 N–H and O–H groups in total. The van der Waals surface area contributed by atoms with Gasteiger partial charge in [0.05, 0.1) is 12.3 Å². The molecule has 25 heavy (non-hydrogen) atoms. The first-order chi connectivity index (χ1) is 12.1. The number of alkyl carbamates (subject to hydrolysis) is 1. The monoisotopic (exact) mass is 363 g/mol. The molecule has 0 aliphatic carbocycles. The van der Waals surface area contributed by atoms with E-state index in [1.165, 1.54) is 18.1 Å². The summed E-state index contributed by atoms with van der Waals surface area (Å²) in [6.45, 7) is 1.59. The lowest BCUT2D eigenvalue weighted by atomic mass is 9.91. The lowest BCUT2D eigenvalue weighted by Gasteiger charge is -2.36. The molecule has 2 fully saturated rings. The van der Waals surface area contributed by atoms with Crippen LogP contribution in [-0.2, 0) is 10.5 Å². The molecule has 2 amide bonds. The first-order valence-corrected chi connectivity index (χ1v) is 8.95. The van der Waals surface area contributed by atoms with Crippen molar-refractivity contribution < 1.29 is 18.7 Å². The number of carbonyl (C=O) groups excluding carboxylic acids is 2. The first kappa shape index (κ1) is 16.0. The quantitative estimate of drug-likeness (QED) is 0.789. The van der Waals surface area contributed by atoms with Gasteiger partial charge in [-0.2, -0.15) is 5.10 Å². The maximum absolute atomic E-state index is 12.6. The Labute approximate surface area is 147 Å². The van der Waals surface area contributed by atoms with Crippen molar-refractivity contribution in [2.75, 3.05) is 19.6 Å². The lowest BCUT2D eigenvalue weighted by molar-refractivity contribution is 0.00240. The minimum absolute atomic E-state index is 0.136. The molecule has 4 heterocycles. The van der Waals surface area contributed by atoms with Crippen molar-refractivity contribution in [1.82, 2.24) is 25.4 Å². The smallest absolute Gasteiger partial charge is 0.407 e. The van der Waals surface area contributed by atoms with Crippen LogP contribution < -0.4 is 5.32 Å². The fourth-order valence-corrected chi connectivity index (χ4v) is 3.70. The summed E-state index contributed by atoms with van der Waals surface area (Å²) in [4.78, 5) is 29.6. The second-order valence-corrected chi connectivity index (χ2v) is 7.03. The highest BCUT2D eigenvalue weighted by Gasteiger charge is 2.43. The van der Waals surface area contributed by atoms with Gasteiger partial charge in [-0.3, -0.25) is 9.89 Å². The molecule has 9 nitrogen and oxygen atoms in total. The number of aromatic amines is 1. The van der Waals surface area contributed by atoms with Crippen LogP contribution in [0, 0.1) is 0 Å². The summed E-state index contributed by atoms with van der Waals surface area (Å²) in [6.07, 6.45) is 2.33. The number of aromatic nitrogens is 3. The van der Waals surface area contributed by atoms with E-state index >= 15 is 0 Å². The van der Waals surface area contributed by atoms with Gasteiger partial charge in [-0.05, 0) is 12.1 Å². The molecular weight excluding hydrogens is 346 g/mol. The third-order valence-electron chi connectivity index (χ3n) is 4.44. The summed E-state index contributed by atoms with van der Waals surface area (Å²) >= 11 is 1.45. The summed E-state index contributed by atoms with van der Waals surface area (Å²) in [6, 6.07) is 3.49. The fraction of sp³-hybridized carbons (Fsp3) is 0.467. The molecular formula is C15H17N5O4S. The lowest BCUT2D eigenvalue weighted by Crippen LogP contribution is -2.48. The van der Waals surface area contributed by atoms with Gasteiger partial charge in [-0.25, -0.2) is 9.78 Å². The molecule has 2 aliphatic heterocycles. The molecule has 0 unspecified atom stereocenters. The molecule has 10 heteroatoms. The van der Waals surface area contributed by atoms with E-state index in [4.69, 9.17) is 9.15 Å². The van der Waals surface area contributed by atoms with Gasteiger partial charge < -0.3 is 19.4 Å². The molecule has 132 valence electrons. The van der Waals surface area contributed by atoms with Crippen LogP contribution in [0.3, 0.4) is 0 Å². The number of rotatable bonds is 4. The number of carbonyl (C=O) groups is 2. The number of amides is 2. The van der Waals surface area contributed by atoms with Gasteiger partial charge >= 0.3 is 6.09 Å². The Morgan fingerprint density at radius 2 is 2.20 bits per heavy atom. The molecule has 4 rings (SSSR count). The van der Waals surface area contributed by atoms with Gasteiger partial charge in [0.2, 0.25) is 0 Å². The van der Waals surface area contributed by atoms with Gasteiger partial charge in [0.1, 0.15) is 17.7 Å². The number of H-pyrrole nitrogens is 1. The average molecular weight is 363 g/mol. The van der Waals surface area contributed by atoms with Crippen LogP contribution in [0.2, 0.25) is 0 Å². The first-order valence-electron chi connectivity index (χ1n) is 7.97. The number of hydrogen-bond acceptors (Lipinski definition) is 7. The third kappa shape index (κ3) is 3.34. The van der Waals surface area contributed by atoms with Crippen LogP contribution in [0.1, 0.15) is 29.2 Å². The minimum Gasteiger partial charge on any atom is -0.455 e. The largest absolute Gasteiger partial charge is 0.455 e. The van der Waals surface area contributed by atoms with Gasteiger partial charge in [0.15, 0.2) is 10.9 Å². The van der Waals surface area contributed by atoms with Crippen LogP contribution in [0.4, 0.5) is 4.79 Å². The van der Waals surface area contributed by atoms with Gasteiger partial charge in [-0.15, -0.1) is 0 Å². The summed E-state index contributed by atoms with van der Waals surface area (Å²) in [5.41, 5.74) is -0.462. The van der Waals surface area contributed by atoms with Crippen molar-refractivity contribution in [2.24, 2.45) is 0 Å². The van der Waals surface area contributed by atoms with E-state index in [0.717, 1.165) is 0 Å². The Morgan fingerprint density at radius 3 is 2.88 bits per heavy atom. The van der Waals surface area contributed by atoms with Crippen LogP contribution in [0.15, 0.2) is 28.0 Å². The Balaban J connectivity index is 1.33. The highest BCUT2D eigenvalue weighted by atomic mass is 32.2. The highest BCUT2D eigenvalue weighted by Crippen LogP contribution is 2.30. The number of nitrogens with zero attached hydrogens (tertiary/aromatic N) is 3. The Kier molecular flexibility index (Phi) is 4.12. The third-order valence-corrected chi connectivity index (χ3v) is 5.34. The molecule has 2 saturated heterocycles. The summed E-state index contributed by atoms with van der Waals surface area (Å²) in [7, 11) is 0. The molecule has 1 spiro atoms. The standard InChI is InChI=1S/C15H17N5O4S/c21-12(20-5-3-15(4-6-20)8-16-14(22)24-15)11-2-1-10(23-11)7-25-13-17-9-18-19-13/h1-2,9H,3-8H2,(H,16,22)(H,17,18,19). The highest BCUT2D eigenvalue weighted by molar-refractivity contribution is 7.98. The van der Waals surface area contributed by atoms with Crippen molar-refractivity contribution in [3.05, 3.63) is 30.0 Å². The van der Waals surface area contributed by atoms with Crippen LogP contribution in [-0.4, -0.2) is 57.3 Å². The van der Waals surface area contributed by atoms with E-state index in [1.807, 2.05) is 0 Å². The molecule has 2 aliphatic rings. The average Bonchev–Trinajstić information content (AvgIpc) is 3.35. The number of hydrogen-bond donors (Lipinski definition) is 2. The number of piperidine rings is 1. The summed E-state index contributed by atoms with van der Waals surface area (Å²) < 4.78 is 11.0. The Hall–Kier alpha value is -2.49. The topological polar surface area (TPSA) is 113 Å². The van der Waals surface area contributed by atoms with Crippen molar-refractivity contribution in [3.8, 4) is 0 Å². The van der Waals surface area contributed by atoms with E-state index in [1.54, 1.807) is 17.0 Å². The predicted octanol–water partition coefficient (Wildman–Crippen LogP) is 1.40. The zero-order valence-electron chi connectivity index (χ0n) is 13.4. The Bertz CT molecular complexity index is 767. The number of ether oxygens (including phenoxy) is 1. The van der Waals surface area contributed by atoms with Crippen LogP contribution in [0.25, 0.3) is 0 Å². The molecule has 2 aromatic rings. The molecule has 0 atom stereocenters. The number of nitrogens with one attached hydrogen (secondary N) is 2. The van der Waals surface area contributed by atoms with Crippen molar-refractivity contribution in [2.45, 2.75) is 29.4 Å². The van der Waals surface area contributed by atoms with E-state index in [0.29, 0.717) is 54.9 Å². The predicted molar refractivity (Wildman–Crippen MR) is 87.0 cm³/mol. The number of likely N-dealkylation sites (tertiary alicyclic amines) is 1. The summed E-state index contributed by atoms with van der Waals surface area (Å²) in [5, 5.41) is 9.93. The van der Waals surface area contributed by atoms with Crippen molar-refractivity contribution in [1.29, 1.82) is 0 Å². The SMILES string of the molecule is O=C1NCC2(CCN(C(=O)c3ccc(CSc4ncn[nH]4)o3)CC2)O1. The maximum Gasteiger partial charge on any atom is 0.407 e. The van der Waals surface area contributed by atoms with Crippen molar-refractivity contribution >= 4 is 23.8 Å². The van der Waals surface area contributed by atoms with Crippen molar-refractivity contribution in [3.63, 3.8) is 0 Å². The Morgan fingerprint density at radius 1 is 1.36 bits per heavy atom. The normalized spacial score (nSPS) is 19.0. The summed E-state index contributed by atoms with van der Waals surface area (Å²) in [5.74, 6) is 1.45. The van der Waals surface area contributed by atoms with Gasteiger partial charge in [0, 0.05) is 25.9 Å². The van der Waals surface area contributed by atoms with Gasteiger partial charge in [0.25, 0.3) is 5.91 Å². The molecule has 0 radical (unpaired) electrons.